The normalized spacial score (nSPS) is 55.7. The summed E-state index contributed by atoms with van der Waals surface area (Å²) in [5.74, 6) is -0.185. The lowest BCUT2D eigenvalue weighted by Crippen LogP contribution is -2.66. The van der Waals surface area contributed by atoms with Gasteiger partial charge in [0.25, 0.3) is 0 Å². The number of carbonyl (C=O) groups is 1. The van der Waals surface area contributed by atoms with Crippen LogP contribution in [0.3, 0.4) is 0 Å². The molecule has 0 amide bonds. The van der Waals surface area contributed by atoms with Gasteiger partial charge in [-0.25, -0.2) is 4.79 Å². The summed E-state index contributed by atoms with van der Waals surface area (Å²) in [6, 6.07) is 0. The summed E-state index contributed by atoms with van der Waals surface area (Å²) < 4.78 is 40.0. The minimum Gasteiger partial charge on any atom is -0.458 e. The molecule has 0 bridgehead atoms. The first-order chi connectivity index (χ1) is 28.3. The zero-order chi connectivity index (χ0) is 43.2. The smallest absolute Gasteiger partial charge is 0.331 e. The first-order valence-electron chi connectivity index (χ1n) is 21.6. The van der Waals surface area contributed by atoms with Gasteiger partial charge < -0.3 is 89.3 Å². The van der Waals surface area contributed by atoms with Crippen LogP contribution in [0.2, 0.25) is 0 Å². The van der Waals surface area contributed by atoms with Gasteiger partial charge in [-0.15, -0.1) is 0 Å². The molecule has 342 valence electrons. The van der Waals surface area contributed by atoms with Crippen LogP contribution in [-0.4, -0.2) is 192 Å². The van der Waals surface area contributed by atoms with Gasteiger partial charge in [0.1, 0.15) is 73.8 Å². The summed E-state index contributed by atoms with van der Waals surface area (Å²) in [6.45, 7) is 4.82. The Morgan fingerprint density at radius 2 is 1.37 bits per heavy atom. The van der Waals surface area contributed by atoms with E-state index in [2.05, 4.69) is 13.8 Å². The highest BCUT2D eigenvalue weighted by Gasteiger charge is 2.69. The van der Waals surface area contributed by atoms with Crippen LogP contribution in [-0.2, 0) is 38.0 Å². The number of ether oxygens (including phenoxy) is 7. The van der Waals surface area contributed by atoms with Gasteiger partial charge in [-0.3, -0.25) is 0 Å². The van der Waals surface area contributed by atoms with Gasteiger partial charge >= 0.3 is 5.97 Å². The molecule has 0 radical (unpaired) electrons. The maximum Gasteiger partial charge on any atom is 0.331 e. The van der Waals surface area contributed by atoms with E-state index in [1.807, 2.05) is 0 Å². The number of carbonyl (C=O) groups excluding carboxylic acids is 1. The van der Waals surface area contributed by atoms with Crippen LogP contribution in [0.5, 0.6) is 0 Å². The molecule has 19 nitrogen and oxygen atoms in total. The molecule has 4 saturated carbocycles. The molecule has 0 aromatic heterocycles. The lowest BCUT2D eigenvalue weighted by Gasteiger charge is -2.64. The third-order valence-electron chi connectivity index (χ3n) is 16.4. The van der Waals surface area contributed by atoms with Crippen LogP contribution in [0.25, 0.3) is 0 Å². The molecular weight excluding hydrogens is 796 g/mol. The minimum atomic E-state index is -1.84. The van der Waals surface area contributed by atoms with Crippen LogP contribution in [0.1, 0.15) is 72.1 Å². The second-order valence-electron chi connectivity index (χ2n) is 19.2. The average Bonchev–Trinajstić information content (AvgIpc) is 3.77. The third-order valence-corrected chi connectivity index (χ3v) is 16.4. The summed E-state index contributed by atoms with van der Waals surface area (Å²) in [5.41, 5.74) is -0.897. The second kappa shape index (κ2) is 16.8. The van der Waals surface area contributed by atoms with Crippen LogP contribution >= 0.6 is 0 Å². The largest absolute Gasteiger partial charge is 0.458 e. The molecule has 3 saturated heterocycles. The van der Waals surface area contributed by atoms with Crippen molar-refractivity contribution in [3.63, 3.8) is 0 Å². The number of aliphatic hydroxyl groups excluding tert-OH is 10. The fourth-order valence-electron chi connectivity index (χ4n) is 12.8. The molecule has 19 heteroatoms. The lowest BCUT2D eigenvalue weighted by atomic mass is 9.42. The molecule has 4 aliphatic heterocycles. The van der Waals surface area contributed by atoms with Crippen molar-refractivity contribution >= 4 is 5.97 Å². The standard InChI is InChI=1S/C41H64O19/c1-16-35(60-38-33(51)30(48)28(46)24(59-38)15-55-36-32(50)29(47)27(45)23(13-42)58-36)31(49)34(52)37(56-16)57-19-11-18-4-5-22-21(40(18,3)25(43)12-19)6-8-39(2)20(7-9-41(22,39)53)17-10-26(44)54-14-17/h10,16,18-25,27-38,42-43,45-53H,4-9,11-15H2,1-3H3. The van der Waals surface area contributed by atoms with Crippen LogP contribution in [0.4, 0.5) is 0 Å². The summed E-state index contributed by atoms with van der Waals surface area (Å²) in [5, 5.41) is 119. The van der Waals surface area contributed by atoms with Crippen molar-refractivity contribution in [2.75, 3.05) is 19.8 Å². The predicted molar refractivity (Wildman–Crippen MR) is 200 cm³/mol. The Labute approximate surface area is 347 Å². The Hall–Kier alpha value is -1.47. The molecule has 0 spiro atoms. The second-order valence-corrected chi connectivity index (χ2v) is 19.2. The molecule has 24 atom stereocenters. The molecule has 8 rings (SSSR count). The Kier molecular flexibility index (Phi) is 12.7. The first-order valence-corrected chi connectivity index (χ1v) is 21.6. The number of aliphatic hydroxyl groups is 11. The van der Waals surface area contributed by atoms with Gasteiger partial charge in [0.15, 0.2) is 18.9 Å². The van der Waals surface area contributed by atoms with Gasteiger partial charge in [0, 0.05) is 17.9 Å². The van der Waals surface area contributed by atoms with E-state index in [1.54, 1.807) is 13.0 Å². The average molecular weight is 861 g/mol. The van der Waals surface area contributed by atoms with E-state index in [1.165, 1.54) is 0 Å². The third kappa shape index (κ3) is 7.30. The molecular formula is C41H64O19. The summed E-state index contributed by atoms with van der Waals surface area (Å²) >= 11 is 0. The van der Waals surface area contributed by atoms with Crippen LogP contribution in [0, 0.1) is 34.5 Å². The highest BCUT2D eigenvalue weighted by Crippen LogP contribution is 2.70. The SMILES string of the molecule is CC1OC(OC2CC(O)C3(C)C(CCC4C3CCC3(C)C(C5=CC(=O)OC5)CCC43O)C2)C(O)C(O)C1OC1OC(COC2OC(CO)C(O)C(O)C2O)C(O)C(O)C1O. The Bertz CT molecular complexity index is 1580. The quantitative estimate of drug-likeness (QED) is 0.0817. The number of hydrogen-bond donors (Lipinski definition) is 11. The van der Waals surface area contributed by atoms with Crippen molar-refractivity contribution in [3.05, 3.63) is 11.6 Å². The lowest BCUT2D eigenvalue weighted by molar-refractivity contribution is -0.366. The number of esters is 1. The van der Waals surface area contributed by atoms with Crippen molar-refractivity contribution in [3.8, 4) is 0 Å². The van der Waals surface area contributed by atoms with E-state index in [4.69, 9.17) is 33.2 Å². The molecule has 4 heterocycles. The van der Waals surface area contributed by atoms with Crippen molar-refractivity contribution in [1.82, 2.24) is 0 Å². The van der Waals surface area contributed by atoms with Gasteiger partial charge in [-0.1, -0.05) is 13.8 Å². The zero-order valence-corrected chi connectivity index (χ0v) is 34.2. The van der Waals surface area contributed by atoms with E-state index in [0.29, 0.717) is 12.8 Å². The Balaban J connectivity index is 0.876. The van der Waals surface area contributed by atoms with Crippen molar-refractivity contribution in [2.24, 2.45) is 34.5 Å². The van der Waals surface area contributed by atoms with Crippen molar-refractivity contribution in [1.29, 1.82) is 0 Å². The fraction of sp³-hybridized carbons (Fsp3) is 0.927. The van der Waals surface area contributed by atoms with Gasteiger partial charge in [0.2, 0.25) is 0 Å². The molecule has 11 N–H and O–H groups in total. The summed E-state index contributed by atoms with van der Waals surface area (Å²) in [4.78, 5) is 11.9. The number of fused-ring (bicyclic) bond motifs is 5. The number of hydrogen-bond acceptors (Lipinski definition) is 19. The van der Waals surface area contributed by atoms with E-state index in [0.717, 1.165) is 37.7 Å². The van der Waals surface area contributed by atoms with Gasteiger partial charge in [-0.2, -0.15) is 0 Å². The minimum absolute atomic E-state index is 0.0223. The molecule has 8 aliphatic rings. The van der Waals surface area contributed by atoms with Crippen molar-refractivity contribution < 1.29 is 94.1 Å². The number of cyclic esters (lactones) is 1. The first kappa shape index (κ1) is 45.1. The highest BCUT2D eigenvalue weighted by atomic mass is 16.8. The number of rotatable bonds is 9. The molecule has 0 aromatic carbocycles. The summed E-state index contributed by atoms with van der Waals surface area (Å²) in [6.07, 6.45) is -17.8. The molecule has 24 unspecified atom stereocenters. The van der Waals surface area contributed by atoms with Crippen molar-refractivity contribution in [2.45, 2.75) is 182 Å². The molecule has 60 heavy (non-hydrogen) atoms. The highest BCUT2D eigenvalue weighted by molar-refractivity contribution is 5.85. The maximum absolute atomic E-state index is 12.6. The van der Waals surface area contributed by atoms with Gasteiger partial charge in [-0.05, 0) is 86.5 Å². The van der Waals surface area contributed by atoms with Crippen LogP contribution < -0.4 is 0 Å². The van der Waals surface area contributed by atoms with E-state index >= 15 is 0 Å². The summed E-state index contributed by atoms with van der Waals surface area (Å²) in [7, 11) is 0. The molecule has 0 aromatic rings. The van der Waals surface area contributed by atoms with Gasteiger partial charge in [0.05, 0.1) is 37.1 Å². The molecule has 7 fully saturated rings. The monoisotopic (exact) mass is 860 g/mol. The van der Waals surface area contributed by atoms with E-state index in [9.17, 15) is 61.0 Å². The predicted octanol–water partition coefficient (Wildman–Crippen LogP) is -2.92. The fourth-order valence-corrected chi connectivity index (χ4v) is 12.8. The Morgan fingerprint density at radius 1 is 0.717 bits per heavy atom. The van der Waals surface area contributed by atoms with E-state index in [-0.39, 0.29) is 42.7 Å². The molecule has 4 aliphatic carbocycles. The van der Waals surface area contributed by atoms with E-state index < -0.39 is 134 Å². The topological polar surface area (TPSA) is 304 Å². The maximum atomic E-state index is 12.6. The zero-order valence-electron chi connectivity index (χ0n) is 34.2. The van der Waals surface area contributed by atoms with Crippen LogP contribution in [0.15, 0.2) is 11.6 Å². The Morgan fingerprint density at radius 3 is 2.05 bits per heavy atom.